The van der Waals surface area contributed by atoms with Crippen LogP contribution in [-0.2, 0) is 23.7 Å². The van der Waals surface area contributed by atoms with E-state index in [-0.39, 0.29) is 12.7 Å². The van der Waals surface area contributed by atoms with Crippen LogP contribution in [0.15, 0.2) is 12.7 Å². The summed E-state index contributed by atoms with van der Waals surface area (Å²) in [7, 11) is 0. The monoisotopic (exact) mass is 316 g/mol. The average Bonchev–Trinajstić information content (AvgIpc) is 2.39. The van der Waals surface area contributed by atoms with Gasteiger partial charge in [0.05, 0.1) is 18.8 Å². The standard InChI is InChI=1S/C16H28O6/c1-7-8-18-14-11(17)13(21-15(2,3)4)12-10(20-14)9-19-16(5,6)22-12/h7,10-14,17H,1,8-9H2,2-6H3/t10-,11-,12-,13-,14+/m1/s1. The summed E-state index contributed by atoms with van der Waals surface area (Å²) < 4.78 is 28.9. The van der Waals surface area contributed by atoms with Crippen molar-refractivity contribution >= 4 is 0 Å². The Labute approximate surface area is 132 Å². The minimum atomic E-state index is -0.950. The molecule has 5 atom stereocenters. The molecule has 0 aromatic carbocycles. The van der Waals surface area contributed by atoms with Gasteiger partial charge in [-0.05, 0) is 34.6 Å². The second kappa shape index (κ2) is 6.55. The molecule has 1 N–H and O–H groups in total. The third kappa shape index (κ3) is 4.28. The number of ether oxygens (including phenoxy) is 5. The molecule has 0 saturated carbocycles. The first-order valence-electron chi connectivity index (χ1n) is 7.68. The minimum Gasteiger partial charge on any atom is -0.385 e. The van der Waals surface area contributed by atoms with Gasteiger partial charge in [-0.25, -0.2) is 0 Å². The number of fused-ring (bicyclic) bond motifs is 1. The molecule has 0 unspecified atom stereocenters. The molecule has 0 spiro atoms. The highest BCUT2D eigenvalue weighted by Crippen LogP contribution is 2.35. The van der Waals surface area contributed by atoms with E-state index in [1.165, 1.54) is 0 Å². The summed E-state index contributed by atoms with van der Waals surface area (Å²) in [6, 6.07) is 0. The van der Waals surface area contributed by atoms with Crippen molar-refractivity contribution in [1.82, 2.24) is 0 Å². The zero-order valence-electron chi connectivity index (χ0n) is 14.1. The molecule has 0 bridgehead atoms. The molecule has 2 aliphatic heterocycles. The van der Waals surface area contributed by atoms with Gasteiger partial charge in [-0.2, -0.15) is 0 Å². The Balaban J connectivity index is 2.19. The van der Waals surface area contributed by atoms with Crippen LogP contribution < -0.4 is 0 Å². The van der Waals surface area contributed by atoms with E-state index in [0.717, 1.165) is 0 Å². The Hall–Kier alpha value is -0.500. The summed E-state index contributed by atoms with van der Waals surface area (Å²) >= 11 is 0. The topological polar surface area (TPSA) is 66.4 Å². The van der Waals surface area contributed by atoms with Crippen molar-refractivity contribution in [2.45, 2.75) is 76.7 Å². The van der Waals surface area contributed by atoms with E-state index >= 15 is 0 Å². The van der Waals surface area contributed by atoms with Gasteiger partial charge in [-0.1, -0.05) is 6.08 Å². The van der Waals surface area contributed by atoms with Crippen LogP contribution in [0.25, 0.3) is 0 Å². The van der Waals surface area contributed by atoms with Crippen LogP contribution >= 0.6 is 0 Å². The molecule has 0 amide bonds. The van der Waals surface area contributed by atoms with Gasteiger partial charge >= 0.3 is 0 Å². The summed E-state index contributed by atoms with van der Waals surface area (Å²) in [6.45, 7) is 13.7. The van der Waals surface area contributed by atoms with Gasteiger partial charge in [0.25, 0.3) is 0 Å². The lowest BCUT2D eigenvalue weighted by molar-refractivity contribution is -0.390. The smallest absolute Gasteiger partial charge is 0.187 e. The highest BCUT2D eigenvalue weighted by atomic mass is 16.8. The minimum absolute atomic E-state index is 0.286. The van der Waals surface area contributed by atoms with Crippen molar-refractivity contribution in [1.29, 1.82) is 0 Å². The molecule has 2 heterocycles. The van der Waals surface area contributed by atoms with Crippen molar-refractivity contribution in [2.24, 2.45) is 0 Å². The van der Waals surface area contributed by atoms with E-state index in [1.54, 1.807) is 6.08 Å². The molecule has 6 nitrogen and oxygen atoms in total. The fourth-order valence-electron chi connectivity index (χ4n) is 2.66. The summed E-state index contributed by atoms with van der Waals surface area (Å²) in [4.78, 5) is 0. The van der Waals surface area contributed by atoms with Gasteiger partial charge in [-0.3, -0.25) is 0 Å². The fourth-order valence-corrected chi connectivity index (χ4v) is 2.66. The quantitative estimate of drug-likeness (QED) is 0.795. The van der Waals surface area contributed by atoms with Gasteiger partial charge in [0.15, 0.2) is 12.1 Å². The molecule has 0 radical (unpaired) electrons. The summed E-state index contributed by atoms with van der Waals surface area (Å²) in [6.07, 6.45) is -1.45. The molecule has 2 rings (SSSR count). The molecular weight excluding hydrogens is 288 g/mol. The number of aliphatic hydroxyl groups is 1. The molecule has 0 aromatic rings. The number of rotatable bonds is 4. The average molecular weight is 316 g/mol. The second-order valence-electron chi connectivity index (χ2n) is 7.14. The maximum Gasteiger partial charge on any atom is 0.187 e. The maximum atomic E-state index is 10.6. The molecule has 22 heavy (non-hydrogen) atoms. The van der Waals surface area contributed by atoms with Crippen LogP contribution in [0, 0.1) is 0 Å². The Morgan fingerprint density at radius 3 is 2.64 bits per heavy atom. The molecule has 2 fully saturated rings. The van der Waals surface area contributed by atoms with Crippen LogP contribution in [0.4, 0.5) is 0 Å². The number of aliphatic hydroxyl groups excluding tert-OH is 1. The normalized spacial score (nSPS) is 38.4. The molecule has 0 aliphatic carbocycles. The largest absolute Gasteiger partial charge is 0.385 e. The van der Waals surface area contributed by atoms with Crippen molar-refractivity contribution in [3.05, 3.63) is 12.7 Å². The SMILES string of the molecule is C=CCO[C@H]1O[C@@H]2COC(C)(C)O[C@H]2[C@H](OC(C)(C)C)[C@H]1O. The van der Waals surface area contributed by atoms with Crippen molar-refractivity contribution in [3.63, 3.8) is 0 Å². The Morgan fingerprint density at radius 1 is 1.36 bits per heavy atom. The lowest BCUT2D eigenvalue weighted by Crippen LogP contribution is -2.66. The first kappa shape index (κ1) is 17.8. The number of hydrogen-bond acceptors (Lipinski definition) is 6. The highest BCUT2D eigenvalue weighted by Gasteiger charge is 2.52. The first-order valence-corrected chi connectivity index (χ1v) is 7.68. The Morgan fingerprint density at radius 2 is 2.05 bits per heavy atom. The maximum absolute atomic E-state index is 10.6. The lowest BCUT2D eigenvalue weighted by atomic mass is 9.96. The summed E-state index contributed by atoms with van der Waals surface area (Å²) in [5.41, 5.74) is -0.428. The second-order valence-corrected chi connectivity index (χ2v) is 7.14. The molecular formula is C16H28O6. The van der Waals surface area contributed by atoms with Gasteiger partial charge in [0, 0.05) is 0 Å². The Bertz CT molecular complexity index is 389. The van der Waals surface area contributed by atoms with E-state index in [1.807, 2.05) is 34.6 Å². The van der Waals surface area contributed by atoms with E-state index < -0.39 is 36.0 Å². The molecule has 2 aliphatic rings. The molecule has 6 heteroatoms. The van der Waals surface area contributed by atoms with E-state index in [2.05, 4.69) is 6.58 Å². The summed E-state index contributed by atoms with van der Waals surface area (Å²) in [5.74, 6) is -0.738. The van der Waals surface area contributed by atoms with Crippen LogP contribution in [0.2, 0.25) is 0 Å². The van der Waals surface area contributed by atoms with Gasteiger partial charge in [-0.15, -0.1) is 6.58 Å². The molecule has 0 aromatic heterocycles. The molecule has 2 saturated heterocycles. The first-order chi connectivity index (χ1) is 10.1. The van der Waals surface area contributed by atoms with Crippen molar-refractivity contribution < 1.29 is 28.8 Å². The van der Waals surface area contributed by atoms with Gasteiger partial charge in [0.1, 0.15) is 24.4 Å². The van der Waals surface area contributed by atoms with Crippen LogP contribution in [0.5, 0.6) is 0 Å². The van der Waals surface area contributed by atoms with Gasteiger partial charge < -0.3 is 28.8 Å². The van der Waals surface area contributed by atoms with Crippen LogP contribution in [0.1, 0.15) is 34.6 Å². The highest BCUT2D eigenvalue weighted by molar-refractivity contribution is 4.95. The van der Waals surface area contributed by atoms with Crippen molar-refractivity contribution in [3.8, 4) is 0 Å². The number of hydrogen-bond donors (Lipinski definition) is 1. The van der Waals surface area contributed by atoms with Crippen LogP contribution in [0.3, 0.4) is 0 Å². The third-order valence-electron chi connectivity index (χ3n) is 3.50. The predicted octanol–water partition coefficient (Wildman–Crippen LogP) is 1.61. The van der Waals surface area contributed by atoms with Gasteiger partial charge in [0.2, 0.25) is 0 Å². The zero-order chi connectivity index (χ0) is 16.5. The van der Waals surface area contributed by atoms with E-state index in [4.69, 9.17) is 23.7 Å². The van der Waals surface area contributed by atoms with Crippen LogP contribution in [-0.4, -0.2) is 60.4 Å². The van der Waals surface area contributed by atoms with E-state index in [9.17, 15) is 5.11 Å². The Kier molecular flexibility index (Phi) is 5.31. The predicted molar refractivity (Wildman–Crippen MR) is 80.3 cm³/mol. The zero-order valence-corrected chi connectivity index (χ0v) is 14.1. The van der Waals surface area contributed by atoms with E-state index in [0.29, 0.717) is 6.61 Å². The lowest BCUT2D eigenvalue weighted by Gasteiger charge is -2.50. The molecule has 128 valence electrons. The summed E-state index contributed by atoms with van der Waals surface area (Å²) in [5, 5.41) is 10.6. The van der Waals surface area contributed by atoms with Crippen molar-refractivity contribution in [2.75, 3.05) is 13.2 Å². The fraction of sp³-hybridized carbons (Fsp3) is 0.875. The third-order valence-corrected chi connectivity index (χ3v) is 3.50.